The molecule has 26 unspecified atom stereocenters. The van der Waals surface area contributed by atoms with Crippen molar-refractivity contribution in [3.63, 3.8) is 0 Å². The minimum absolute atomic E-state index is 0.0128. The van der Waals surface area contributed by atoms with Crippen LogP contribution in [0.25, 0.3) is 0 Å². The largest absolute Gasteiger partial charge is 0.508 e. The van der Waals surface area contributed by atoms with E-state index < -0.39 is 0 Å². The Morgan fingerprint density at radius 2 is 0.612 bits per heavy atom. The number of carbonyl (C=O) groups excluding carboxylic acids is 2. The van der Waals surface area contributed by atoms with Gasteiger partial charge in [-0.2, -0.15) is 0 Å². The number of hydrogen-bond acceptors (Lipinski definition) is 12. The van der Waals surface area contributed by atoms with E-state index in [0.717, 1.165) is 164 Å². The van der Waals surface area contributed by atoms with Crippen LogP contribution in [0.2, 0.25) is 0 Å². The summed E-state index contributed by atoms with van der Waals surface area (Å²) < 4.78 is 5.55. The summed E-state index contributed by atoms with van der Waals surface area (Å²) in [6.07, 6.45) is 30.8. The van der Waals surface area contributed by atoms with Crippen LogP contribution in [0, 0.1) is 167 Å². The smallest absolute Gasteiger partial charge is 0.225 e. The molecule has 4 aliphatic heterocycles. The lowest BCUT2D eigenvalue weighted by Gasteiger charge is -2.62. The Morgan fingerprint density at radius 1 is 0.306 bits per heavy atom. The molecule has 0 aromatic heterocycles. The molecule has 4 saturated heterocycles. The Hall–Kier alpha value is -7.10. The van der Waals surface area contributed by atoms with Crippen LogP contribution in [-0.2, 0) is 80.6 Å². The molecule has 26 atom stereocenters. The summed E-state index contributed by atoms with van der Waals surface area (Å²) in [4.78, 5) is 25.0. The zero-order valence-electron chi connectivity index (χ0n) is 97.0. The lowest BCUT2D eigenvalue weighted by atomic mass is 9.43. The van der Waals surface area contributed by atoms with Crippen molar-refractivity contribution in [2.24, 2.45) is 125 Å². The summed E-state index contributed by atoms with van der Waals surface area (Å²) in [5, 5.41) is 88.9. The van der Waals surface area contributed by atoms with Crippen molar-refractivity contribution in [2.75, 3.05) is 33.3 Å². The molecule has 2 amide bonds. The highest BCUT2D eigenvalue weighted by Crippen LogP contribution is 2.75. The maximum absolute atomic E-state index is 12.7. The summed E-state index contributed by atoms with van der Waals surface area (Å²) in [5.41, 5.74) is 25.5. The Labute approximate surface area is 886 Å². The Morgan fingerprint density at radius 3 is 0.986 bits per heavy atom. The number of aliphatic hydroxyl groups is 2. The summed E-state index contributed by atoms with van der Waals surface area (Å²) in [6.45, 7) is 73.8. The predicted molar refractivity (Wildman–Crippen MR) is 598 cm³/mol. The number of benzene rings is 6. The summed E-state index contributed by atoms with van der Waals surface area (Å²) in [6, 6.07) is 25.7. The zero-order chi connectivity index (χ0) is 107. The highest BCUT2D eigenvalue weighted by Gasteiger charge is 2.70. The molecule has 6 aromatic rings. The van der Waals surface area contributed by atoms with Crippen molar-refractivity contribution in [1.29, 1.82) is 0 Å². The van der Waals surface area contributed by atoms with Crippen molar-refractivity contribution in [1.82, 2.24) is 21.3 Å². The number of rotatable bonds is 1. The first-order valence-corrected chi connectivity index (χ1v) is 58.5. The Bertz CT molecular complexity index is 5960. The van der Waals surface area contributed by atoms with Gasteiger partial charge in [-0.05, 0) is 496 Å². The first-order valence-electron chi connectivity index (χ1n) is 58.5. The van der Waals surface area contributed by atoms with Crippen LogP contribution in [0.1, 0.15) is 408 Å². The minimum atomic E-state index is -0.334. The monoisotopic (exact) mass is 2010 g/mol. The third-order valence-electron chi connectivity index (χ3n) is 49.0. The number of methoxy groups -OCH3 is 1. The number of phenols is 5. The van der Waals surface area contributed by atoms with E-state index in [-0.39, 0.29) is 100 Å². The molecular formula is C133H194N4O10. The van der Waals surface area contributed by atoms with Gasteiger partial charge in [0.15, 0.2) is 0 Å². The van der Waals surface area contributed by atoms with E-state index in [1.165, 1.54) is 142 Å². The van der Waals surface area contributed by atoms with Crippen molar-refractivity contribution in [3.05, 3.63) is 173 Å². The first kappa shape index (κ1) is 108. The molecular weight excluding hydrogens is 1810 g/mol. The van der Waals surface area contributed by atoms with Gasteiger partial charge in [-0.15, -0.1) is 0 Å². The SMILES string of the molecule is COc1cc(C)c2c(c1)CC1C2(C)CCC2C(C)(C)C(O)CCC12C.Cc1cc(O)c2c(c1)CC1C2(C)CCC2C(C)(C)C(=O)NCCC21C.Cc1cc(O)c2c(c1)CC1C2(C)CCC2C(C)(C)C(O)CCC12C.Cc1cc(O)c2c(c1)CC1C2(C)CCC2C(C)(C)CNCCC21C.Cc1cc(O)c2c(c1)CC1C2(C)CCC2C(C)(C)NC(=O)CCC21C.Cc1cc(O)c2c(c1)CC1C2(C)CCC2C(C)(C)NCCCC21C. The van der Waals surface area contributed by atoms with Gasteiger partial charge >= 0.3 is 0 Å². The highest BCUT2D eigenvalue weighted by atomic mass is 16.5. The number of phenolic OH excluding ortho intramolecular Hbond substituents is 5. The average molecular weight is 2010 g/mol. The second kappa shape index (κ2) is 36.3. The molecule has 0 bridgehead atoms. The number of aryl methyl sites for hydroxylation is 6. The van der Waals surface area contributed by atoms with Gasteiger partial charge in [0.1, 0.15) is 34.5 Å². The van der Waals surface area contributed by atoms with E-state index in [2.05, 4.69) is 271 Å². The van der Waals surface area contributed by atoms with E-state index in [4.69, 9.17) is 4.74 Å². The number of amides is 2. The molecule has 24 rings (SSSR count). The van der Waals surface area contributed by atoms with Crippen LogP contribution in [0.15, 0.2) is 72.8 Å². The van der Waals surface area contributed by atoms with Gasteiger partial charge in [0.2, 0.25) is 11.8 Å². The first-order chi connectivity index (χ1) is 68.3. The molecule has 12 fully saturated rings. The molecule has 14 nitrogen and oxygen atoms in total. The lowest BCUT2D eigenvalue weighted by Crippen LogP contribution is -2.58. The van der Waals surface area contributed by atoms with Crippen molar-refractivity contribution in [2.45, 2.75) is 443 Å². The fourth-order valence-electron chi connectivity index (χ4n) is 42.7. The lowest BCUT2D eigenvalue weighted by molar-refractivity contribution is -0.151. The van der Waals surface area contributed by atoms with Crippen molar-refractivity contribution < 1.29 is 50.1 Å². The number of aliphatic hydroxyl groups excluding tert-OH is 2. The maximum atomic E-state index is 12.7. The van der Waals surface area contributed by atoms with Crippen LogP contribution in [0.5, 0.6) is 34.5 Å². The predicted octanol–water partition coefficient (Wildman–Crippen LogP) is 27.4. The summed E-state index contributed by atoms with van der Waals surface area (Å²) in [7, 11) is 1.77. The highest BCUT2D eigenvalue weighted by molar-refractivity contribution is 5.83. The van der Waals surface area contributed by atoms with E-state index in [9.17, 15) is 45.3 Å². The molecule has 11 N–H and O–H groups in total. The quantitative estimate of drug-likeness (QED) is 0.0738. The number of fused-ring (bicyclic) bond motifs is 30. The minimum Gasteiger partial charge on any atom is -0.508 e. The van der Waals surface area contributed by atoms with E-state index in [0.29, 0.717) is 122 Å². The Kier molecular flexibility index (Phi) is 26.7. The number of ether oxygens (including phenoxy) is 1. The summed E-state index contributed by atoms with van der Waals surface area (Å²) >= 11 is 0. The molecule has 4 heterocycles. The molecule has 806 valence electrons. The molecule has 6 aromatic carbocycles. The fourth-order valence-corrected chi connectivity index (χ4v) is 42.7. The van der Waals surface area contributed by atoms with Gasteiger partial charge in [0.05, 0.1) is 19.3 Å². The average Bonchev–Trinajstić information content (AvgIpc) is 1.58. The zero-order valence-corrected chi connectivity index (χ0v) is 97.0. The van der Waals surface area contributed by atoms with Crippen LogP contribution in [0.3, 0.4) is 0 Å². The summed E-state index contributed by atoms with van der Waals surface area (Å²) in [5.74, 6) is 10.9. The fraction of sp³-hybridized carbons (Fsp3) is 0.714. The standard InChI is InChI=1S/C23H34O2.2C22H31NO2.2C22H33NO.C22H32O2/c1-14-11-16(25-6)12-15-13-18-22(4)10-8-19(24)21(2,3)17(22)7-9-23(18,5)20(14)15;1-13-10-14-12-17-21(4)9-7-18(25)23-20(2,3)16(21)6-8-22(17,5)19(14)15(24)11-13;1-13-10-14-12-17-21(4)8-9-23-19(25)20(2,3)16(21)6-7-22(17,5)18(14)15(24)11-13;1-14-11-15-13-18-21(4)8-6-10-23-20(2,3)17(21)7-9-22(18,5)19(15)16(24)12-14;1-14-10-15-12-18-21(4)8-9-23-13-20(2,3)17(21)6-7-22(18,5)19(15)16(24)11-14;1-13-10-14-12-17-21(4)9-7-18(24)20(2,3)16(21)6-8-22(17,5)19(14)15(23)11-13/h11-12,17-19,24H,7-10,13H2,1-6H3;2*10-11,16-17,24H,6-9,12H2,1-5H3,(H,23,25);11-12,17-18,23-24H,6-10,13H2,1-5H3;10-11,17-18,23-24H,6-9,12-13H2,1-5H3;10-11,16-18,23-24H,6-9,12H2,1-5H3. The van der Waals surface area contributed by atoms with Gasteiger partial charge in [-0.25, -0.2) is 0 Å². The van der Waals surface area contributed by atoms with Gasteiger partial charge in [-0.3, -0.25) is 9.59 Å². The van der Waals surface area contributed by atoms with Gasteiger partial charge in [-0.1, -0.05) is 169 Å². The van der Waals surface area contributed by atoms with E-state index >= 15 is 0 Å². The van der Waals surface area contributed by atoms with Gasteiger partial charge < -0.3 is 61.7 Å². The Balaban J connectivity index is 0.000000111. The molecule has 14 heteroatoms. The second-order valence-electron chi connectivity index (χ2n) is 59.6. The van der Waals surface area contributed by atoms with Gasteiger partial charge in [0.25, 0.3) is 0 Å². The number of nitrogens with one attached hydrogen (secondary N) is 4. The molecule has 14 aliphatic carbocycles. The normalized spacial score (nSPS) is 40.6. The number of carbonyl (C=O) groups is 2. The van der Waals surface area contributed by atoms with Crippen LogP contribution in [0.4, 0.5) is 0 Å². The van der Waals surface area contributed by atoms with Crippen LogP contribution in [-0.4, -0.2) is 104 Å². The molecule has 0 radical (unpaired) electrons. The van der Waals surface area contributed by atoms with Gasteiger partial charge in [0, 0.05) is 90.9 Å². The van der Waals surface area contributed by atoms with E-state index in [1.54, 1.807) is 12.7 Å². The van der Waals surface area contributed by atoms with Crippen LogP contribution >= 0.6 is 0 Å². The molecule has 147 heavy (non-hydrogen) atoms. The van der Waals surface area contributed by atoms with Crippen LogP contribution < -0.4 is 26.0 Å². The maximum Gasteiger partial charge on any atom is 0.225 e. The number of hydrogen-bond donors (Lipinski definition) is 11. The topological polar surface area (TPSA) is 233 Å². The third kappa shape index (κ3) is 16.5. The third-order valence-corrected chi connectivity index (χ3v) is 49.0. The van der Waals surface area contributed by atoms with E-state index in [1.807, 2.05) is 30.3 Å². The number of aromatic hydroxyl groups is 5. The van der Waals surface area contributed by atoms with Crippen molar-refractivity contribution in [3.8, 4) is 34.5 Å². The molecule has 0 spiro atoms. The molecule has 8 saturated carbocycles. The second-order valence-corrected chi connectivity index (χ2v) is 59.6. The van der Waals surface area contributed by atoms with Crippen molar-refractivity contribution >= 4 is 11.8 Å². The molecule has 18 aliphatic rings.